The third-order valence-corrected chi connectivity index (χ3v) is 13.7. The SMILES string of the molecule is COC(C[C@@H]1CC[C@@H](C)[C@](O)(C(=O)C(=O)N2CCCC[C@H]2C(=O)O)O1)/C(C)=C/C=C/C=C/[C@@H](C)C[C@H](C)C(=O)[C@H](OC)[C@H](O)/C(C)=C/[C@H](C)C(=O)/C=C\[C@@H](C)CC1CC[C@@H](O)[C@H](OC)C1. The molecule has 0 aromatic carbocycles. The fourth-order valence-corrected chi connectivity index (χ4v) is 9.48. The van der Waals surface area contributed by atoms with Crippen LogP contribution in [0.3, 0.4) is 0 Å². The molecule has 4 N–H and O–H groups in total. The maximum atomic E-state index is 13.5. The Balaban J connectivity index is 1.51. The molecule has 2 heterocycles. The van der Waals surface area contributed by atoms with E-state index in [1.54, 1.807) is 47.1 Å². The first kappa shape index (κ1) is 55.7. The average molecular weight is 914 g/mol. The van der Waals surface area contributed by atoms with Crippen molar-refractivity contribution in [3.8, 4) is 0 Å². The number of carboxylic acid groups (broad SMARTS) is 1. The van der Waals surface area contributed by atoms with Crippen molar-refractivity contribution in [2.75, 3.05) is 27.9 Å². The summed E-state index contributed by atoms with van der Waals surface area (Å²) in [6.07, 6.45) is 17.4. The molecule has 3 rings (SSSR count). The fraction of sp³-hybridized carbons (Fsp3) is 0.706. The number of piperidine rings is 1. The number of methoxy groups -OCH3 is 3. The van der Waals surface area contributed by atoms with Gasteiger partial charge < -0.3 is 44.3 Å². The van der Waals surface area contributed by atoms with E-state index < -0.39 is 77.8 Å². The van der Waals surface area contributed by atoms with Crippen molar-refractivity contribution in [3.63, 3.8) is 0 Å². The van der Waals surface area contributed by atoms with E-state index in [1.807, 2.05) is 57.2 Å². The van der Waals surface area contributed by atoms with Gasteiger partial charge in [0.05, 0.1) is 24.4 Å². The number of ketones is 3. The minimum atomic E-state index is -2.38. The van der Waals surface area contributed by atoms with Crippen LogP contribution in [0.2, 0.25) is 0 Å². The number of nitrogens with zero attached hydrogens (tertiary/aromatic N) is 1. The van der Waals surface area contributed by atoms with Gasteiger partial charge in [-0.25, -0.2) is 4.79 Å². The molecular weight excluding hydrogens is 835 g/mol. The highest BCUT2D eigenvalue weighted by Gasteiger charge is 2.52. The molecule has 14 heteroatoms. The summed E-state index contributed by atoms with van der Waals surface area (Å²) in [6, 6.07) is -1.12. The zero-order chi connectivity index (χ0) is 48.6. The Kier molecular flexibility index (Phi) is 22.8. The minimum Gasteiger partial charge on any atom is -0.480 e. The van der Waals surface area contributed by atoms with Crippen molar-refractivity contribution in [1.29, 1.82) is 0 Å². The first-order chi connectivity index (χ1) is 30.7. The molecule has 2 unspecified atom stereocenters. The van der Waals surface area contributed by atoms with Gasteiger partial charge in [0.1, 0.15) is 18.2 Å². The summed E-state index contributed by atoms with van der Waals surface area (Å²) in [5.74, 6) is -7.06. The van der Waals surface area contributed by atoms with Crippen LogP contribution < -0.4 is 0 Å². The lowest BCUT2D eigenvalue weighted by Gasteiger charge is -2.42. The number of hydrogen-bond acceptors (Lipinski definition) is 12. The number of aliphatic hydroxyl groups excluding tert-OH is 2. The van der Waals surface area contributed by atoms with Crippen LogP contribution >= 0.6 is 0 Å². The standard InChI is InChI=1S/C51H79NO13/c1-31(26-35(5)45(55)47(64-10)46(56)36(6)28-34(4)41(53)23-19-32(2)27-38-21-24-42(54)44(29-38)63-9)16-12-11-13-17-33(3)43(62-8)30-39-22-20-37(7)51(61,65-39)48(57)49(58)52-25-15-14-18-40(52)50(59)60/h11-13,16-17,19,23,28,31-32,34-35,37-40,42-44,46-47,54,56,61H,14-15,18,20-22,24-27,29-30H2,1-10H3,(H,59,60)/b13-11+,16-12+,23-19-,33-17+,36-28+/t31-,32-,34+,35+,37-,38?,39+,40+,42-,43?,44-,46-,47+,51-/m1/s1. The second kappa shape index (κ2) is 26.6. The molecule has 3 fully saturated rings. The second-order valence-corrected chi connectivity index (χ2v) is 19.0. The Hall–Kier alpha value is -3.63. The highest BCUT2D eigenvalue weighted by molar-refractivity contribution is 6.39. The molecule has 1 aliphatic carbocycles. The molecule has 0 aromatic heterocycles. The summed E-state index contributed by atoms with van der Waals surface area (Å²) in [7, 11) is 4.58. The zero-order valence-corrected chi connectivity index (χ0v) is 40.5. The van der Waals surface area contributed by atoms with Gasteiger partial charge in [0.2, 0.25) is 5.79 Å². The monoisotopic (exact) mass is 914 g/mol. The van der Waals surface area contributed by atoms with Crippen molar-refractivity contribution in [1.82, 2.24) is 4.90 Å². The van der Waals surface area contributed by atoms with Crippen molar-refractivity contribution in [2.45, 2.75) is 168 Å². The Bertz CT molecular complexity index is 1750. The molecule has 1 amide bonds. The number of hydrogen-bond donors (Lipinski definition) is 4. The molecular formula is C51H79NO13. The van der Waals surface area contributed by atoms with Gasteiger partial charge in [-0.15, -0.1) is 0 Å². The number of likely N-dealkylation sites (tertiary alicyclic amines) is 1. The first-order valence-electron chi connectivity index (χ1n) is 23.6. The number of Topliss-reactive ketones (excluding diaryl/α,β-unsaturated/α-hetero) is 2. The number of carbonyl (C=O) groups excluding carboxylic acids is 4. The van der Waals surface area contributed by atoms with Crippen LogP contribution in [0, 0.1) is 35.5 Å². The second-order valence-electron chi connectivity index (χ2n) is 19.0. The van der Waals surface area contributed by atoms with E-state index in [1.165, 1.54) is 7.11 Å². The summed E-state index contributed by atoms with van der Waals surface area (Å²) in [5.41, 5.74) is 1.35. The smallest absolute Gasteiger partial charge is 0.326 e. The third-order valence-electron chi connectivity index (χ3n) is 13.7. The van der Waals surface area contributed by atoms with Gasteiger partial charge in [0, 0.05) is 52.0 Å². The number of aliphatic carboxylic acids is 1. The van der Waals surface area contributed by atoms with Gasteiger partial charge in [0.25, 0.3) is 11.7 Å². The fourth-order valence-electron chi connectivity index (χ4n) is 9.48. The van der Waals surface area contributed by atoms with E-state index in [-0.39, 0.29) is 42.5 Å². The Labute approximate surface area is 387 Å². The molecule has 0 bridgehead atoms. The molecule has 14 atom stereocenters. The van der Waals surface area contributed by atoms with E-state index in [2.05, 4.69) is 6.92 Å². The highest BCUT2D eigenvalue weighted by Crippen LogP contribution is 2.37. The molecule has 14 nitrogen and oxygen atoms in total. The number of amides is 1. The molecule has 2 aliphatic heterocycles. The summed E-state index contributed by atoms with van der Waals surface area (Å²) >= 11 is 0. The maximum absolute atomic E-state index is 13.5. The van der Waals surface area contributed by atoms with E-state index in [4.69, 9.17) is 18.9 Å². The molecule has 0 radical (unpaired) electrons. The lowest BCUT2D eigenvalue weighted by molar-refractivity contribution is -0.265. The van der Waals surface area contributed by atoms with Gasteiger partial charge in [0.15, 0.2) is 11.6 Å². The van der Waals surface area contributed by atoms with Crippen molar-refractivity contribution < 1.29 is 63.3 Å². The number of aliphatic hydroxyl groups is 3. The predicted molar refractivity (Wildman–Crippen MR) is 247 cm³/mol. The zero-order valence-electron chi connectivity index (χ0n) is 40.5. The summed E-state index contributed by atoms with van der Waals surface area (Å²) in [6.45, 7) is 13.0. The molecule has 0 aromatic rings. The van der Waals surface area contributed by atoms with E-state index in [0.29, 0.717) is 56.4 Å². The minimum absolute atomic E-state index is 0.0173. The van der Waals surface area contributed by atoms with Crippen molar-refractivity contribution in [3.05, 3.63) is 59.8 Å². The molecule has 3 aliphatic rings. The van der Waals surface area contributed by atoms with Crippen LogP contribution in [0.25, 0.3) is 0 Å². The van der Waals surface area contributed by atoms with E-state index in [0.717, 1.165) is 29.7 Å². The summed E-state index contributed by atoms with van der Waals surface area (Å²) in [5, 5.41) is 42.4. The lowest BCUT2D eigenvalue weighted by atomic mass is 9.80. The molecule has 366 valence electrons. The Morgan fingerprint density at radius 1 is 0.862 bits per heavy atom. The molecule has 2 saturated heterocycles. The van der Waals surface area contributed by atoms with E-state index in [9.17, 15) is 44.4 Å². The Morgan fingerprint density at radius 3 is 2.22 bits per heavy atom. The largest absolute Gasteiger partial charge is 0.480 e. The van der Waals surface area contributed by atoms with Crippen LogP contribution in [0.4, 0.5) is 0 Å². The van der Waals surface area contributed by atoms with E-state index >= 15 is 0 Å². The summed E-state index contributed by atoms with van der Waals surface area (Å²) < 4.78 is 22.7. The number of allylic oxidation sites excluding steroid dienone is 8. The van der Waals surface area contributed by atoms with Gasteiger partial charge in [-0.3, -0.25) is 19.2 Å². The van der Waals surface area contributed by atoms with Gasteiger partial charge in [-0.2, -0.15) is 0 Å². The molecule has 0 spiro atoms. The summed E-state index contributed by atoms with van der Waals surface area (Å²) in [4.78, 5) is 66.1. The first-order valence-corrected chi connectivity index (χ1v) is 23.6. The average Bonchev–Trinajstić information content (AvgIpc) is 3.28. The topological polar surface area (TPSA) is 206 Å². The van der Waals surface area contributed by atoms with Gasteiger partial charge in [-0.1, -0.05) is 77.2 Å². The molecule has 65 heavy (non-hydrogen) atoms. The molecule has 1 saturated carbocycles. The van der Waals surface area contributed by atoms with Gasteiger partial charge >= 0.3 is 5.97 Å². The quantitative estimate of drug-likeness (QED) is 0.0353. The van der Waals surface area contributed by atoms with Gasteiger partial charge in [-0.05, 0) is 113 Å². The number of ether oxygens (including phenoxy) is 4. The normalized spacial score (nSPS) is 29.3. The van der Waals surface area contributed by atoms with Crippen LogP contribution in [0.15, 0.2) is 59.8 Å². The number of rotatable bonds is 24. The highest BCUT2D eigenvalue weighted by atomic mass is 16.6. The maximum Gasteiger partial charge on any atom is 0.326 e. The van der Waals surface area contributed by atoms with Crippen LogP contribution in [0.1, 0.15) is 119 Å². The van der Waals surface area contributed by atoms with Crippen molar-refractivity contribution in [2.24, 2.45) is 35.5 Å². The van der Waals surface area contributed by atoms with Crippen LogP contribution in [0.5, 0.6) is 0 Å². The lowest BCUT2D eigenvalue weighted by Crippen LogP contribution is -2.60. The van der Waals surface area contributed by atoms with Crippen molar-refractivity contribution >= 4 is 29.2 Å². The number of carbonyl (C=O) groups is 5. The van der Waals surface area contributed by atoms with Crippen LogP contribution in [-0.2, 0) is 42.9 Å². The number of carboxylic acids is 1. The third kappa shape index (κ3) is 16.0. The Morgan fingerprint density at radius 2 is 1.57 bits per heavy atom. The van der Waals surface area contributed by atoms with Crippen LogP contribution in [-0.4, -0.2) is 131 Å². The predicted octanol–water partition coefficient (Wildman–Crippen LogP) is 6.51.